The van der Waals surface area contributed by atoms with Crippen LogP contribution in [0.15, 0.2) is 42.5 Å². The number of hydrogen-bond donors (Lipinski definition) is 2. The first-order valence-corrected chi connectivity index (χ1v) is 9.48. The van der Waals surface area contributed by atoms with Crippen molar-refractivity contribution in [2.45, 2.75) is 39.7 Å². The summed E-state index contributed by atoms with van der Waals surface area (Å²) in [4.78, 5) is 26.6. The minimum absolute atomic E-state index is 0.0621. The van der Waals surface area contributed by atoms with Gasteiger partial charge in [0.2, 0.25) is 0 Å². The number of carbonyl (C=O) groups excluding carboxylic acids is 2. The predicted octanol–water partition coefficient (Wildman–Crippen LogP) is 4.42. The maximum atomic E-state index is 12.4. The molecule has 3 amide bonds. The maximum absolute atomic E-state index is 12.4. The summed E-state index contributed by atoms with van der Waals surface area (Å²) < 4.78 is 0. The molecule has 1 aliphatic rings. The zero-order chi connectivity index (χ0) is 19.4. The average molecular weight is 365 g/mol. The van der Waals surface area contributed by atoms with Crippen molar-refractivity contribution >= 4 is 17.6 Å². The van der Waals surface area contributed by atoms with Gasteiger partial charge in [0.25, 0.3) is 5.91 Å². The Morgan fingerprint density at radius 1 is 1.00 bits per heavy atom. The quantitative estimate of drug-likeness (QED) is 0.842. The molecular formula is C22H27N3O2. The van der Waals surface area contributed by atoms with Crippen molar-refractivity contribution < 1.29 is 9.59 Å². The highest BCUT2D eigenvalue weighted by Crippen LogP contribution is 2.19. The number of aryl methyl sites for hydroxylation is 2. The Morgan fingerprint density at radius 2 is 1.67 bits per heavy atom. The van der Waals surface area contributed by atoms with E-state index in [1.807, 2.05) is 25.7 Å². The van der Waals surface area contributed by atoms with E-state index >= 15 is 0 Å². The highest BCUT2D eigenvalue weighted by Gasteiger charge is 2.19. The van der Waals surface area contributed by atoms with Gasteiger partial charge in [-0.3, -0.25) is 4.79 Å². The molecular weight excluding hydrogens is 338 g/mol. The van der Waals surface area contributed by atoms with Crippen LogP contribution in [0.4, 0.5) is 10.5 Å². The number of rotatable bonds is 4. The summed E-state index contributed by atoms with van der Waals surface area (Å²) in [6.45, 7) is 7.72. The van der Waals surface area contributed by atoms with E-state index in [0.29, 0.717) is 11.3 Å². The molecule has 142 valence electrons. The fourth-order valence-electron chi connectivity index (χ4n) is 3.47. The van der Waals surface area contributed by atoms with Crippen LogP contribution in [0.5, 0.6) is 0 Å². The number of anilines is 1. The summed E-state index contributed by atoms with van der Waals surface area (Å²) in [6.07, 6.45) is 2.15. The van der Waals surface area contributed by atoms with E-state index in [2.05, 4.69) is 28.8 Å². The van der Waals surface area contributed by atoms with E-state index in [1.54, 1.807) is 24.3 Å². The van der Waals surface area contributed by atoms with Gasteiger partial charge in [-0.05, 0) is 69.0 Å². The van der Waals surface area contributed by atoms with Crippen LogP contribution in [0.1, 0.15) is 52.9 Å². The van der Waals surface area contributed by atoms with Crippen LogP contribution in [0.25, 0.3) is 0 Å². The second-order valence-electron chi connectivity index (χ2n) is 7.26. The number of carbonyl (C=O) groups is 2. The lowest BCUT2D eigenvalue weighted by Gasteiger charge is -2.18. The van der Waals surface area contributed by atoms with Gasteiger partial charge < -0.3 is 15.5 Å². The van der Waals surface area contributed by atoms with Gasteiger partial charge in [0, 0.05) is 24.3 Å². The first-order valence-electron chi connectivity index (χ1n) is 9.48. The van der Waals surface area contributed by atoms with Crippen LogP contribution < -0.4 is 10.6 Å². The lowest BCUT2D eigenvalue weighted by molar-refractivity contribution is 0.0793. The van der Waals surface area contributed by atoms with E-state index < -0.39 is 0 Å². The molecule has 2 N–H and O–H groups in total. The molecule has 5 nitrogen and oxygen atoms in total. The summed E-state index contributed by atoms with van der Waals surface area (Å²) in [6, 6.07) is 12.9. The lowest BCUT2D eigenvalue weighted by Crippen LogP contribution is -2.31. The summed E-state index contributed by atoms with van der Waals surface area (Å²) in [5, 5.41) is 5.81. The second kappa shape index (κ2) is 8.25. The fraction of sp³-hybridized carbons (Fsp3) is 0.364. The molecule has 1 unspecified atom stereocenters. The van der Waals surface area contributed by atoms with Crippen molar-refractivity contribution in [3.8, 4) is 0 Å². The maximum Gasteiger partial charge on any atom is 0.319 e. The number of nitrogens with one attached hydrogen (secondary N) is 2. The van der Waals surface area contributed by atoms with Crippen LogP contribution in [0.3, 0.4) is 0 Å². The smallest absolute Gasteiger partial charge is 0.319 e. The topological polar surface area (TPSA) is 61.4 Å². The average Bonchev–Trinajstić information content (AvgIpc) is 3.18. The number of benzene rings is 2. The van der Waals surface area contributed by atoms with E-state index in [9.17, 15) is 9.59 Å². The number of likely N-dealkylation sites (tertiary alicyclic amines) is 1. The third kappa shape index (κ3) is 4.67. The summed E-state index contributed by atoms with van der Waals surface area (Å²) in [5.74, 6) is 0.0621. The highest BCUT2D eigenvalue weighted by molar-refractivity contribution is 5.95. The molecule has 1 fully saturated rings. The van der Waals surface area contributed by atoms with E-state index in [1.165, 1.54) is 5.56 Å². The van der Waals surface area contributed by atoms with Crippen LogP contribution in [-0.4, -0.2) is 29.9 Å². The molecule has 1 saturated heterocycles. The Bertz CT molecular complexity index is 824. The minimum Gasteiger partial charge on any atom is -0.339 e. The van der Waals surface area contributed by atoms with Crippen molar-refractivity contribution in [2.24, 2.45) is 0 Å². The normalized spacial score (nSPS) is 14.7. The largest absolute Gasteiger partial charge is 0.339 e. The molecule has 0 saturated carbocycles. The van der Waals surface area contributed by atoms with E-state index in [0.717, 1.165) is 37.1 Å². The molecule has 2 aromatic carbocycles. The number of nitrogens with zero attached hydrogens (tertiary/aromatic N) is 1. The summed E-state index contributed by atoms with van der Waals surface area (Å²) in [5.41, 5.74) is 4.75. The lowest BCUT2D eigenvalue weighted by atomic mass is 10.0. The second-order valence-corrected chi connectivity index (χ2v) is 7.26. The van der Waals surface area contributed by atoms with Gasteiger partial charge in [0.1, 0.15) is 0 Å². The number of urea groups is 1. The third-order valence-corrected chi connectivity index (χ3v) is 5.03. The van der Waals surface area contributed by atoms with Gasteiger partial charge in [-0.25, -0.2) is 4.79 Å². The van der Waals surface area contributed by atoms with Gasteiger partial charge in [-0.1, -0.05) is 23.8 Å². The van der Waals surface area contributed by atoms with E-state index in [-0.39, 0.29) is 18.0 Å². The zero-order valence-corrected chi connectivity index (χ0v) is 16.2. The van der Waals surface area contributed by atoms with Crippen molar-refractivity contribution in [1.29, 1.82) is 0 Å². The first-order chi connectivity index (χ1) is 12.9. The Hall–Kier alpha value is -2.82. The molecule has 27 heavy (non-hydrogen) atoms. The van der Waals surface area contributed by atoms with Gasteiger partial charge in [-0.2, -0.15) is 0 Å². The van der Waals surface area contributed by atoms with Gasteiger partial charge in [0.15, 0.2) is 0 Å². The van der Waals surface area contributed by atoms with Gasteiger partial charge >= 0.3 is 6.03 Å². The number of hydrogen-bond acceptors (Lipinski definition) is 2. The van der Waals surface area contributed by atoms with Crippen LogP contribution in [-0.2, 0) is 0 Å². The highest BCUT2D eigenvalue weighted by atomic mass is 16.2. The monoisotopic (exact) mass is 365 g/mol. The summed E-state index contributed by atoms with van der Waals surface area (Å²) >= 11 is 0. The molecule has 3 rings (SSSR count). The van der Waals surface area contributed by atoms with Crippen LogP contribution in [0, 0.1) is 13.8 Å². The SMILES string of the molecule is Cc1ccc(C)c(C(C)NC(=O)Nc2ccc(C(=O)N3CCCC3)cc2)c1. The van der Waals surface area contributed by atoms with Gasteiger partial charge in [-0.15, -0.1) is 0 Å². The summed E-state index contributed by atoms with van der Waals surface area (Å²) in [7, 11) is 0. The van der Waals surface area contributed by atoms with Crippen molar-refractivity contribution in [1.82, 2.24) is 10.2 Å². The Kier molecular flexibility index (Phi) is 5.79. The van der Waals surface area contributed by atoms with Crippen molar-refractivity contribution in [3.05, 3.63) is 64.7 Å². The molecule has 1 atom stereocenters. The zero-order valence-electron chi connectivity index (χ0n) is 16.2. The molecule has 5 heteroatoms. The molecule has 0 spiro atoms. The standard InChI is InChI=1S/C22H27N3O2/c1-15-6-7-16(2)20(14-15)17(3)23-22(27)24-19-10-8-18(9-11-19)21(26)25-12-4-5-13-25/h6-11,14,17H,4-5,12-13H2,1-3H3,(H2,23,24,27). The molecule has 0 aromatic heterocycles. The fourth-order valence-corrected chi connectivity index (χ4v) is 3.47. The molecule has 1 heterocycles. The molecule has 2 aromatic rings. The Balaban J connectivity index is 1.59. The first kappa shape index (κ1) is 19.0. The predicted molar refractivity (Wildman–Crippen MR) is 108 cm³/mol. The van der Waals surface area contributed by atoms with E-state index in [4.69, 9.17) is 0 Å². The van der Waals surface area contributed by atoms with Crippen LogP contribution in [0.2, 0.25) is 0 Å². The molecule has 0 aliphatic carbocycles. The molecule has 1 aliphatic heterocycles. The van der Waals surface area contributed by atoms with Crippen molar-refractivity contribution in [2.75, 3.05) is 18.4 Å². The Labute approximate surface area is 160 Å². The molecule has 0 bridgehead atoms. The minimum atomic E-state index is -0.262. The van der Waals surface area contributed by atoms with Crippen molar-refractivity contribution in [3.63, 3.8) is 0 Å². The molecule has 0 radical (unpaired) electrons. The Morgan fingerprint density at radius 3 is 2.33 bits per heavy atom. The third-order valence-electron chi connectivity index (χ3n) is 5.03. The van der Waals surface area contributed by atoms with Gasteiger partial charge in [0.05, 0.1) is 6.04 Å². The van der Waals surface area contributed by atoms with Crippen LogP contribution >= 0.6 is 0 Å². The number of amides is 3.